The van der Waals surface area contributed by atoms with E-state index in [4.69, 9.17) is 38.0 Å². The van der Waals surface area contributed by atoms with E-state index < -0.39 is 41.4 Å². The summed E-state index contributed by atoms with van der Waals surface area (Å²) >= 11 is 6.18. The molecule has 1 aromatic heterocycles. The molecule has 2 amide bonds. The fourth-order valence-corrected chi connectivity index (χ4v) is 4.71. The summed E-state index contributed by atoms with van der Waals surface area (Å²) in [6.07, 6.45) is 0.253. The van der Waals surface area contributed by atoms with Crippen molar-refractivity contribution in [2.75, 3.05) is 12.4 Å². The number of methoxy groups -OCH3 is 1. The summed E-state index contributed by atoms with van der Waals surface area (Å²) in [7, 11) is 1.37. The number of nitrogens with two attached hydrogens (primary N) is 2. The molecule has 0 spiro atoms. The maximum Gasteiger partial charge on any atom is 0.335 e. The molecule has 0 radical (unpaired) electrons. The van der Waals surface area contributed by atoms with Gasteiger partial charge in [-0.05, 0) is 66.9 Å². The summed E-state index contributed by atoms with van der Waals surface area (Å²) in [5.74, 6) is -3.49. The Hall–Kier alpha value is -5.86. The summed E-state index contributed by atoms with van der Waals surface area (Å²) in [6.45, 7) is 1.40. The smallest absolute Gasteiger partial charge is 0.335 e. The predicted molar refractivity (Wildman–Crippen MR) is 181 cm³/mol. The number of benzene rings is 3. The molecule has 4 rings (SSSR count). The maximum absolute atomic E-state index is 13.5. The number of Topliss-reactive ketones (excluding diaryl/α,β-unsaturated/α-hetero) is 1. The average Bonchev–Trinajstić information content (AvgIpc) is 3.06. The third-order valence-electron chi connectivity index (χ3n) is 7.06. The van der Waals surface area contributed by atoms with Gasteiger partial charge in [-0.15, -0.1) is 5.10 Å². The second kappa shape index (κ2) is 17.3. The Bertz CT molecular complexity index is 1900. The molecule has 0 bridgehead atoms. The standard InChI is InChI=1S/C29H24ClN3O6.C5H10N2O3/c1-17(34)22-13-10-20(30)15-23(22)24-16-26(35)33(32-28(24)39-2)25(14-18-6-4-3-5-7-18)27(36)31-21-11-8-19(9-12-21)29(37)38;6-3(5(9)10)1-2-4(7)8/h3-13,15-16,25H,14H2,1-2H3,(H,31,36)(H,37,38);3H,1-2,6H2,(H2,7,8)(H,9,10)/t25-;3-/m00/s1. The highest BCUT2D eigenvalue weighted by molar-refractivity contribution is 6.31. The molecule has 0 saturated carbocycles. The molecule has 14 nitrogen and oxygen atoms in total. The third-order valence-corrected chi connectivity index (χ3v) is 7.29. The lowest BCUT2D eigenvalue weighted by atomic mass is 9.98. The van der Waals surface area contributed by atoms with Gasteiger partial charge >= 0.3 is 11.9 Å². The molecular formula is C34H34ClN5O9. The number of halogens is 1. The Labute approximate surface area is 285 Å². The molecule has 0 aliphatic carbocycles. The zero-order valence-corrected chi connectivity index (χ0v) is 27.2. The molecule has 0 fully saturated rings. The zero-order chi connectivity index (χ0) is 36.2. The van der Waals surface area contributed by atoms with Crippen molar-refractivity contribution in [1.82, 2.24) is 9.78 Å². The van der Waals surface area contributed by atoms with E-state index in [1.54, 1.807) is 18.2 Å². The largest absolute Gasteiger partial charge is 0.480 e. The van der Waals surface area contributed by atoms with Crippen LogP contribution in [0, 0.1) is 0 Å². The number of nitrogens with zero attached hydrogens (tertiary/aromatic N) is 2. The van der Waals surface area contributed by atoms with Crippen molar-refractivity contribution in [2.24, 2.45) is 11.5 Å². The van der Waals surface area contributed by atoms with Gasteiger partial charge in [0.2, 0.25) is 17.7 Å². The maximum atomic E-state index is 13.5. The number of primary amides is 1. The SMILES string of the molecule is COc1nn([C@@H](Cc2ccccc2)C(=O)Nc2ccc(C(=O)O)cc2)c(=O)cc1-c1cc(Cl)ccc1C(C)=O.NC(=O)CC[C@H](N)C(=O)O. The van der Waals surface area contributed by atoms with Gasteiger partial charge in [0, 0.05) is 35.2 Å². The van der Waals surface area contributed by atoms with Crippen molar-refractivity contribution in [2.45, 2.75) is 38.3 Å². The molecule has 4 aromatic rings. The highest BCUT2D eigenvalue weighted by atomic mass is 35.5. The number of carbonyl (C=O) groups excluding carboxylic acids is 3. The van der Waals surface area contributed by atoms with E-state index in [2.05, 4.69) is 10.4 Å². The number of rotatable bonds is 13. The first-order valence-electron chi connectivity index (χ1n) is 14.6. The van der Waals surface area contributed by atoms with Crippen LogP contribution < -0.4 is 27.1 Å². The Morgan fingerprint density at radius 2 is 1.61 bits per heavy atom. The Morgan fingerprint density at radius 1 is 0.959 bits per heavy atom. The van der Waals surface area contributed by atoms with E-state index in [-0.39, 0.29) is 42.1 Å². The van der Waals surface area contributed by atoms with Crippen LogP contribution in [-0.4, -0.2) is 62.7 Å². The molecule has 0 saturated heterocycles. The van der Waals surface area contributed by atoms with Crippen LogP contribution in [0.3, 0.4) is 0 Å². The summed E-state index contributed by atoms with van der Waals surface area (Å²) in [5, 5.41) is 24.8. The van der Waals surface area contributed by atoms with E-state index in [0.717, 1.165) is 10.2 Å². The van der Waals surface area contributed by atoms with Crippen molar-refractivity contribution < 1.29 is 38.9 Å². The molecule has 0 unspecified atom stereocenters. The van der Waals surface area contributed by atoms with Crippen LogP contribution in [0.15, 0.2) is 83.7 Å². The van der Waals surface area contributed by atoms with Crippen molar-refractivity contribution in [1.29, 1.82) is 0 Å². The minimum absolute atomic E-state index is 0.0213. The number of carbonyl (C=O) groups is 5. The summed E-state index contributed by atoms with van der Waals surface area (Å²) in [4.78, 5) is 70.5. The Kier molecular flexibility index (Phi) is 13.3. The minimum atomic E-state index is -1.11. The van der Waals surface area contributed by atoms with Crippen molar-refractivity contribution in [3.8, 4) is 17.0 Å². The molecule has 0 aliphatic heterocycles. The van der Waals surface area contributed by atoms with Crippen molar-refractivity contribution >= 4 is 46.8 Å². The second-order valence-electron chi connectivity index (χ2n) is 10.6. The number of nitrogens with one attached hydrogen (secondary N) is 1. The third kappa shape index (κ3) is 10.6. The summed E-state index contributed by atoms with van der Waals surface area (Å²) in [5.41, 5.74) is 11.4. The topological polar surface area (TPSA) is 234 Å². The van der Waals surface area contributed by atoms with E-state index in [0.29, 0.717) is 21.8 Å². The molecule has 2 atom stereocenters. The Morgan fingerprint density at radius 3 is 2.16 bits per heavy atom. The first-order chi connectivity index (χ1) is 23.2. The van der Waals surface area contributed by atoms with Crippen LogP contribution >= 0.6 is 11.6 Å². The van der Waals surface area contributed by atoms with Crippen LogP contribution in [0.25, 0.3) is 11.1 Å². The molecule has 3 aromatic carbocycles. The Balaban J connectivity index is 0.000000565. The van der Waals surface area contributed by atoms with Gasteiger partial charge in [0.1, 0.15) is 12.1 Å². The van der Waals surface area contributed by atoms with Crippen molar-refractivity contribution in [3.63, 3.8) is 0 Å². The molecular weight excluding hydrogens is 658 g/mol. The summed E-state index contributed by atoms with van der Waals surface area (Å²) < 4.78 is 6.53. The number of hydrogen-bond acceptors (Lipinski definition) is 9. The number of ketones is 1. The van der Waals surface area contributed by atoms with Gasteiger partial charge in [-0.1, -0.05) is 41.9 Å². The van der Waals surface area contributed by atoms with Gasteiger partial charge in [0.15, 0.2) is 5.78 Å². The first-order valence-corrected chi connectivity index (χ1v) is 15.0. The van der Waals surface area contributed by atoms with Crippen LogP contribution in [0.4, 0.5) is 5.69 Å². The zero-order valence-electron chi connectivity index (χ0n) is 26.5. The van der Waals surface area contributed by atoms with Gasteiger partial charge in [0.05, 0.1) is 18.2 Å². The number of hydrogen-bond donors (Lipinski definition) is 5. The number of ether oxygens (including phenoxy) is 1. The number of amides is 2. The molecule has 7 N–H and O–H groups in total. The monoisotopic (exact) mass is 691 g/mol. The number of carboxylic acid groups (broad SMARTS) is 2. The van der Waals surface area contributed by atoms with Crippen LogP contribution in [-0.2, 0) is 20.8 Å². The van der Waals surface area contributed by atoms with Gasteiger partial charge in [-0.2, -0.15) is 0 Å². The predicted octanol–water partition coefficient (Wildman–Crippen LogP) is 3.56. The lowest BCUT2D eigenvalue weighted by molar-refractivity contribution is -0.138. The normalized spacial score (nSPS) is 11.7. The number of aliphatic carboxylic acids is 1. The molecule has 1 heterocycles. The van der Waals surface area contributed by atoms with E-state index in [1.807, 2.05) is 30.3 Å². The van der Waals surface area contributed by atoms with Gasteiger partial charge < -0.3 is 31.7 Å². The second-order valence-corrected chi connectivity index (χ2v) is 11.1. The van der Waals surface area contributed by atoms with Gasteiger partial charge in [0.25, 0.3) is 5.56 Å². The highest BCUT2D eigenvalue weighted by Crippen LogP contribution is 2.32. The van der Waals surface area contributed by atoms with Crippen LogP contribution in [0.5, 0.6) is 5.88 Å². The average molecular weight is 692 g/mol. The molecule has 0 aliphatic rings. The van der Waals surface area contributed by atoms with Gasteiger partial charge in [-0.3, -0.25) is 24.0 Å². The first kappa shape index (κ1) is 37.6. The fourth-order valence-electron chi connectivity index (χ4n) is 4.54. The van der Waals surface area contributed by atoms with Crippen molar-refractivity contribution in [3.05, 3.63) is 111 Å². The minimum Gasteiger partial charge on any atom is -0.480 e. The van der Waals surface area contributed by atoms with E-state index in [9.17, 15) is 28.8 Å². The lowest BCUT2D eigenvalue weighted by Gasteiger charge is -2.20. The van der Waals surface area contributed by atoms with Crippen LogP contribution in [0.2, 0.25) is 5.02 Å². The molecule has 256 valence electrons. The highest BCUT2D eigenvalue weighted by Gasteiger charge is 2.26. The quantitative estimate of drug-likeness (QED) is 0.127. The van der Waals surface area contributed by atoms with E-state index >= 15 is 0 Å². The fraction of sp³-hybridized carbons (Fsp3) is 0.206. The number of carboxylic acids is 2. The summed E-state index contributed by atoms with van der Waals surface area (Å²) in [6, 6.07) is 18.7. The van der Waals surface area contributed by atoms with Gasteiger partial charge in [-0.25, -0.2) is 9.48 Å². The van der Waals surface area contributed by atoms with Crippen LogP contribution in [0.1, 0.15) is 52.1 Å². The molecule has 49 heavy (non-hydrogen) atoms. The number of aromatic carboxylic acids is 1. The van der Waals surface area contributed by atoms with E-state index in [1.165, 1.54) is 44.4 Å². The number of anilines is 1. The molecule has 15 heteroatoms. The number of aromatic nitrogens is 2. The lowest BCUT2D eigenvalue weighted by Crippen LogP contribution is -2.36.